The Bertz CT molecular complexity index is 652. The average Bonchev–Trinajstić information content (AvgIpc) is 2.53. The molecule has 4 nitrogen and oxygen atoms in total. The molecule has 0 amide bonds. The molecule has 2 rings (SSSR count). The molecular formula is C16H14FNO3. The van der Waals surface area contributed by atoms with E-state index >= 15 is 0 Å². The van der Waals surface area contributed by atoms with Gasteiger partial charge in [-0.15, -0.1) is 0 Å². The summed E-state index contributed by atoms with van der Waals surface area (Å²) in [7, 11) is 1.56. The topological polar surface area (TPSA) is 51.5 Å². The number of nitrogens with zero attached hydrogens (tertiary/aromatic N) is 1. The van der Waals surface area contributed by atoms with Gasteiger partial charge < -0.3 is 14.2 Å². The Labute approximate surface area is 122 Å². The Balaban J connectivity index is 1.86. The van der Waals surface area contributed by atoms with Gasteiger partial charge in [0.25, 0.3) is 0 Å². The molecule has 0 heterocycles. The van der Waals surface area contributed by atoms with Crippen molar-refractivity contribution in [3.05, 3.63) is 53.8 Å². The number of para-hydroxylation sites is 2. The van der Waals surface area contributed by atoms with Crippen molar-refractivity contribution in [2.45, 2.75) is 0 Å². The Morgan fingerprint density at radius 1 is 1.00 bits per heavy atom. The highest BCUT2D eigenvalue weighted by Crippen LogP contribution is 2.25. The fourth-order valence-electron chi connectivity index (χ4n) is 1.73. The van der Waals surface area contributed by atoms with Crippen molar-refractivity contribution in [2.24, 2.45) is 0 Å². The largest absolute Gasteiger partial charge is 0.493 e. The highest BCUT2D eigenvalue weighted by molar-refractivity contribution is 5.39. The van der Waals surface area contributed by atoms with Gasteiger partial charge in [-0.2, -0.15) is 5.26 Å². The number of nitriles is 1. The van der Waals surface area contributed by atoms with Crippen molar-refractivity contribution in [3.63, 3.8) is 0 Å². The maximum Gasteiger partial charge on any atom is 0.166 e. The molecule has 21 heavy (non-hydrogen) atoms. The van der Waals surface area contributed by atoms with Crippen molar-refractivity contribution in [1.82, 2.24) is 0 Å². The van der Waals surface area contributed by atoms with E-state index in [-0.39, 0.29) is 24.5 Å². The molecule has 5 heteroatoms. The second-order valence-electron chi connectivity index (χ2n) is 4.10. The predicted molar refractivity (Wildman–Crippen MR) is 75.1 cm³/mol. The van der Waals surface area contributed by atoms with E-state index in [0.717, 1.165) is 6.07 Å². The van der Waals surface area contributed by atoms with Crippen LogP contribution in [0, 0.1) is 17.1 Å². The SMILES string of the molecule is COc1ccccc1OCCOc1ccc(C#N)cc1F. The van der Waals surface area contributed by atoms with Crippen molar-refractivity contribution >= 4 is 0 Å². The fourth-order valence-corrected chi connectivity index (χ4v) is 1.73. The van der Waals surface area contributed by atoms with Crippen molar-refractivity contribution in [1.29, 1.82) is 5.26 Å². The van der Waals surface area contributed by atoms with Gasteiger partial charge in [0, 0.05) is 0 Å². The van der Waals surface area contributed by atoms with E-state index in [1.54, 1.807) is 19.2 Å². The summed E-state index contributed by atoms with van der Waals surface area (Å²) in [6.07, 6.45) is 0. The molecule has 0 saturated carbocycles. The second-order valence-corrected chi connectivity index (χ2v) is 4.10. The molecule has 0 N–H and O–H groups in total. The summed E-state index contributed by atoms with van der Waals surface area (Å²) >= 11 is 0. The molecule has 0 aliphatic rings. The Hall–Kier alpha value is -2.74. The zero-order valence-electron chi connectivity index (χ0n) is 11.5. The molecule has 108 valence electrons. The molecule has 0 aliphatic heterocycles. The Morgan fingerprint density at radius 2 is 1.67 bits per heavy atom. The molecular weight excluding hydrogens is 273 g/mol. The van der Waals surface area contributed by atoms with Gasteiger partial charge >= 0.3 is 0 Å². The zero-order chi connectivity index (χ0) is 15.1. The van der Waals surface area contributed by atoms with Crippen LogP contribution in [0.5, 0.6) is 17.2 Å². The van der Waals surface area contributed by atoms with Crippen molar-refractivity contribution < 1.29 is 18.6 Å². The van der Waals surface area contributed by atoms with E-state index in [9.17, 15) is 4.39 Å². The highest BCUT2D eigenvalue weighted by Gasteiger charge is 2.06. The van der Waals surface area contributed by atoms with Gasteiger partial charge in [0.15, 0.2) is 23.1 Å². The smallest absolute Gasteiger partial charge is 0.166 e. The van der Waals surface area contributed by atoms with Crippen LogP contribution in [-0.2, 0) is 0 Å². The van der Waals surface area contributed by atoms with Gasteiger partial charge in [-0.25, -0.2) is 4.39 Å². The average molecular weight is 287 g/mol. The minimum absolute atomic E-state index is 0.0950. The minimum atomic E-state index is -0.564. The van der Waals surface area contributed by atoms with Crippen molar-refractivity contribution in [3.8, 4) is 23.3 Å². The van der Waals surface area contributed by atoms with Crippen LogP contribution >= 0.6 is 0 Å². The van der Waals surface area contributed by atoms with Crippen LogP contribution in [0.4, 0.5) is 4.39 Å². The van der Waals surface area contributed by atoms with Gasteiger partial charge in [0.05, 0.1) is 18.7 Å². The standard InChI is InChI=1S/C16H14FNO3/c1-19-15-4-2-3-5-16(15)21-9-8-20-14-7-6-12(11-18)10-13(14)17/h2-7,10H,8-9H2,1H3. The van der Waals surface area contributed by atoms with Gasteiger partial charge in [-0.1, -0.05) is 12.1 Å². The van der Waals surface area contributed by atoms with Crippen LogP contribution in [0.15, 0.2) is 42.5 Å². The quantitative estimate of drug-likeness (QED) is 0.766. The van der Waals surface area contributed by atoms with Crippen LogP contribution < -0.4 is 14.2 Å². The molecule has 2 aromatic rings. The molecule has 0 fully saturated rings. The summed E-state index contributed by atoms with van der Waals surface area (Å²) in [5.74, 6) is 0.759. The van der Waals surface area contributed by atoms with Gasteiger partial charge in [-0.05, 0) is 30.3 Å². The third-order valence-electron chi connectivity index (χ3n) is 2.73. The Kier molecular flexibility index (Phi) is 4.99. The predicted octanol–water partition coefficient (Wildman–Crippen LogP) is 3.16. The molecule has 0 unspecified atom stereocenters. The monoisotopic (exact) mass is 287 g/mol. The third-order valence-corrected chi connectivity index (χ3v) is 2.73. The van der Waals surface area contributed by atoms with E-state index in [2.05, 4.69) is 0 Å². The number of methoxy groups -OCH3 is 1. The fraction of sp³-hybridized carbons (Fsp3) is 0.188. The summed E-state index contributed by atoms with van der Waals surface area (Å²) in [5.41, 5.74) is 0.255. The molecule has 2 aromatic carbocycles. The summed E-state index contributed by atoms with van der Waals surface area (Å²) in [4.78, 5) is 0. The maximum absolute atomic E-state index is 13.6. The van der Waals surface area contributed by atoms with E-state index < -0.39 is 5.82 Å². The first-order valence-corrected chi connectivity index (χ1v) is 6.33. The second kappa shape index (κ2) is 7.15. The summed E-state index contributed by atoms with van der Waals surface area (Å²) in [6, 6.07) is 13.2. The van der Waals surface area contributed by atoms with E-state index in [0.29, 0.717) is 11.5 Å². The van der Waals surface area contributed by atoms with Gasteiger partial charge in [0.1, 0.15) is 13.2 Å². The van der Waals surface area contributed by atoms with Crippen LogP contribution in [0.1, 0.15) is 5.56 Å². The molecule has 0 atom stereocenters. The Morgan fingerprint density at radius 3 is 2.29 bits per heavy atom. The molecule has 0 spiro atoms. The molecule has 0 saturated heterocycles. The van der Waals surface area contributed by atoms with Crippen molar-refractivity contribution in [2.75, 3.05) is 20.3 Å². The van der Waals surface area contributed by atoms with Gasteiger partial charge in [0.2, 0.25) is 0 Å². The van der Waals surface area contributed by atoms with Crippen LogP contribution in [0.3, 0.4) is 0 Å². The maximum atomic E-state index is 13.6. The molecule has 0 aromatic heterocycles. The molecule has 0 radical (unpaired) electrons. The van der Waals surface area contributed by atoms with E-state index in [4.69, 9.17) is 19.5 Å². The number of hydrogen-bond acceptors (Lipinski definition) is 4. The number of rotatable bonds is 6. The van der Waals surface area contributed by atoms with Crippen LogP contribution in [0.2, 0.25) is 0 Å². The zero-order valence-corrected chi connectivity index (χ0v) is 11.5. The van der Waals surface area contributed by atoms with Crippen LogP contribution in [-0.4, -0.2) is 20.3 Å². The lowest BCUT2D eigenvalue weighted by Gasteiger charge is -2.11. The number of ether oxygens (including phenoxy) is 3. The molecule has 0 aliphatic carbocycles. The first kappa shape index (κ1) is 14.7. The van der Waals surface area contributed by atoms with Gasteiger partial charge in [-0.3, -0.25) is 0 Å². The normalized spacial score (nSPS) is 9.76. The third kappa shape index (κ3) is 3.86. The highest BCUT2D eigenvalue weighted by atomic mass is 19.1. The first-order valence-electron chi connectivity index (χ1n) is 6.33. The van der Waals surface area contributed by atoms with Crippen LogP contribution in [0.25, 0.3) is 0 Å². The summed E-state index contributed by atoms with van der Waals surface area (Å²) in [6.45, 7) is 0.431. The van der Waals surface area contributed by atoms with E-state index in [1.807, 2.05) is 18.2 Å². The number of halogens is 1. The van der Waals surface area contributed by atoms with E-state index in [1.165, 1.54) is 12.1 Å². The first-order chi connectivity index (χ1) is 10.2. The lowest BCUT2D eigenvalue weighted by atomic mass is 10.2. The number of benzene rings is 2. The summed E-state index contributed by atoms with van der Waals surface area (Å²) in [5, 5.41) is 8.65. The summed E-state index contributed by atoms with van der Waals surface area (Å²) < 4.78 is 29.5. The number of hydrogen-bond donors (Lipinski definition) is 0. The lowest BCUT2D eigenvalue weighted by Crippen LogP contribution is -2.10. The molecule has 0 bridgehead atoms. The minimum Gasteiger partial charge on any atom is -0.493 e. The lowest BCUT2D eigenvalue weighted by molar-refractivity contribution is 0.206.